The van der Waals surface area contributed by atoms with Gasteiger partial charge in [-0.3, -0.25) is 10.1 Å². The molecule has 1 aromatic carbocycles. The first-order chi connectivity index (χ1) is 9.54. The van der Waals surface area contributed by atoms with Crippen LogP contribution >= 0.6 is 15.9 Å². The Hall–Kier alpha value is -2.26. The number of nitrogens with one attached hydrogen (secondary N) is 1. The van der Waals surface area contributed by atoms with E-state index in [0.29, 0.717) is 11.4 Å². The fourth-order valence-electron chi connectivity index (χ4n) is 1.51. The fourth-order valence-corrected chi connectivity index (χ4v) is 2.00. The lowest BCUT2D eigenvalue weighted by atomic mass is 10.3. The SMILES string of the molecule is Cc1c(NN)ncnc1Oc1cccc([N+](=O)[O-])c1Br. The summed E-state index contributed by atoms with van der Waals surface area (Å²) in [5.74, 6) is 6.27. The van der Waals surface area contributed by atoms with Crippen LogP contribution < -0.4 is 16.0 Å². The Kier molecular flexibility index (Phi) is 4.11. The van der Waals surface area contributed by atoms with E-state index in [-0.39, 0.29) is 21.8 Å². The second-order valence-electron chi connectivity index (χ2n) is 3.75. The second kappa shape index (κ2) is 5.80. The van der Waals surface area contributed by atoms with E-state index in [1.807, 2.05) is 0 Å². The molecule has 0 amide bonds. The van der Waals surface area contributed by atoms with E-state index in [1.54, 1.807) is 13.0 Å². The molecule has 2 aromatic rings. The molecule has 0 spiro atoms. The van der Waals surface area contributed by atoms with Gasteiger partial charge >= 0.3 is 0 Å². The van der Waals surface area contributed by atoms with Gasteiger partial charge in [-0.15, -0.1) is 0 Å². The molecule has 0 radical (unpaired) electrons. The molecule has 1 aromatic heterocycles. The van der Waals surface area contributed by atoms with E-state index in [1.165, 1.54) is 18.5 Å². The number of aromatic nitrogens is 2. The zero-order valence-corrected chi connectivity index (χ0v) is 11.9. The summed E-state index contributed by atoms with van der Waals surface area (Å²) in [6.07, 6.45) is 1.28. The van der Waals surface area contributed by atoms with Crippen LogP contribution in [0.2, 0.25) is 0 Å². The molecular formula is C11H10BrN5O3. The number of nitrogen functional groups attached to an aromatic ring is 1. The van der Waals surface area contributed by atoms with Crippen molar-refractivity contribution in [1.82, 2.24) is 9.97 Å². The minimum Gasteiger partial charge on any atom is -0.437 e. The molecule has 20 heavy (non-hydrogen) atoms. The van der Waals surface area contributed by atoms with Crippen molar-refractivity contribution < 1.29 is 9.66 Å². The Bertz CT molecular complexity index is 665. The molecule has 8 nitrogen and oxygen atoms in total. The Balaban J connectivity index is 2.41. The quantitative estimate of drug-likeness (QED) is 0.499. The van der Waals surface area contributed by atoms with Crippen LogP contribution in [0, 0.1) is 17.0 Å². The maximum atomic E-state index is 10.9. The van der Waals surface area contributed by atoms with E-state index in [2.05, 4.69) is 31.3 Å². The Morgan fingerprint density at radius 2 is 2.20 bits per heavy atom. The van der Waals surface area contributed by atoms with Crippen LogP contribution in [0.3, 0.4) is 0 Å². The normalized spacial score (nSPS) is 10.2. The fraction of sp³-hybridized carbons (Fsp3) is 0.0909. The van der Waals surface area contributed by atoms with E-state index in [9.17, 15) is 10.1 Å². The van der Waals surface area contributed by atoms with Crippen molar-refractivity contribution in [2.45, 2.75) is 6.92 Å². The molecule has 2 rings (SSSR count). The maximum Gasteiger partial charge on any atom is 0.287 e. The molecule has 9 heteroatoms. The van der Waals surface area contributed by atoms with E-state index >= 15 is 0 Å². The van der Waals surface area contributed by atoms with Gasteiger partial charge in [0.1, 0.15) is 16.6 Å². The van der Waals surface area contributed by atoms with Crippen molar-refractivity contribution in [3.8, 4) is 11.6 Å². The minimum absolute atomic E-state index is 0.0913. The third kappa shape index (κ3) is 2.68. The molecule has 0 aliphatic carbocycles. The van der Waals surface area contributed by atoms with Crippen molar-refractivity contribution >= 4 is 27.4 Å². The van der Waals surface area contributed by atoms with Crippen LogP contribution in [0.1, 0.15) is 5.56 Å². The van der Waals surface area contributed by atoms with Gasteiger partial charge in [0, 0.05) is 6.07 Å². The summed E-state index contributed by atoms with van der Waals surface area (Å²) in [4.78, 5) is 18.3. The van der Waals surface area contributed by atoms with E-state index < -0.39 is 4.92 Å². The summed E-state index contributed by atoms with van der Waals surface area (Å²) in [7, 11) is 0. The average Bonchev–Trinajstić information content (AvgIpc) is 2.43. The number of nitrogens with two attached hydrogens (primary N) is 1. The third-order valence-electron chi connectivity index (χ3n) is 2.52. The van der Waals surface area contributed by atoms with Gasteiger partial charge in [0.15, 0.2) is 5.75 Å². The summed E-state index contributed by atoms with van der Waals surface area (Å²) >= 11 is 3.15. The van der Waals surface area contributed by atoms with Crippen molar-refractivity contribution in [1.29, 1.82) is 0 Å². The monoisotopic (exact) mass is 339 g/mol. The van der Waals surface area contributed by atoms with Gasteiger partial charge in [0.2, 0.25) is 5.88 Å². The van der Waals surface area contributed by atoms with Crippen LogP contribution in [0.5, 0.6) is 11.6 Å². The first-order valence-electron chi connectivity index (χ1n) is 5.43. The van der Waals surface area contributed by atoms with E-state index in [4.69, 9.17) is 10.6 Å². The molecule has 0 aliphatic heterocycles. The number of nitro benzene ring substituents is 1. The summed E-state index contributed by atoms with van der Waals surface area (Å²) in [5.41, 5.74) is 2.91. The molecule has 0 saturated carbocycles. The minimum atomic E-state index is -0.503. The average molecular weight is 340 g/mol. The summed E-state index contributed by atoms with van der Waals surface area (Å²) in [6, 6.07) is 4.49. The smallest absolute Gasteiger partial charge is 0.287 e. The molecule has 0 fully saturated rings. The Morgan fingerprint density at radius 3 is 2.85 bits per heavy atom. The van der Waals surface area contributed by atoms with Gasteiger partial charge in [-0.05, 0) is 28.9 Å². The largest absolute Gasteiger partial charge is 0.437 e. The predicted octanol–water partition coefficient (Wildman–Crippen LogP) is 2.53. The van der Waals surface area contributed by atoms with Crippen LogP contribution in [-0.2, 0) is 0 Å². The zero-order chi connectivity index (χ0) is 14.7. The van der Waals surface area contributed by atoms with Gasteiger partial charge in [-0.2, -0.15) is 0 Å². The number of anilines is 1. The zero-order valence-electron chi connectivity index (χ0n) is 10.3. The van der Waals surface area contributed by atoms with Gasteiger partial charge in [0.25, 0.3) is 5.69 Å². The third-order valence-corrected chi connectivity index (χ3v) is 3.32. The molecule has 0 aliphatic rings. The highest BCUT2D eigenvalue weighted by atomic mass is 79.9. The number of nitrogens with zero attached hydrogens (tertiary/aromatic N) is 3. The molecule has 0 bridgehead atoms. The molecule has 1 heterocycles. The number of rotatable bonds is 4. The molecule has 0 unspecified atom stereocenters. The van der Waals surface area contributed by atoms with Crippen molar-refractivity contribution in [3.05, 3.63) is 44.7 Å². The highest BCUT2D eigenvalue weighted by Gasteiger charge is 2.18. The van der Waals surface area contributed by atoms with E-state index in [0.717, 1.165) is 0 Å². The molecule has 104 valence electrons. The van der Waals surface area contributed by atoms with Crippen LogP contribution in [0.25, 0.3) is 0 Å². The van der Waals surface area contributed by atoms with Gasteiger partial charge in [0.05, 0.1) is 10.5 Å². The molecular weight excluding hydrogens is 330 g/mol. The van der Waals surface area contributed by atoms with Crippen molar-refractivity contribution in [3.63, 3.8) is 0 Å². The predicted molar refractivity (Wildman–Crippen MR) is 75.4 cm³/mol. The Labute approximate surface area is 122 Å². The first-order valence-corrected chi connectivity index (χ1v) is 6.23. The second-order valence-corrected chi connectivity index (χ2v) is 4.54. The Morgan fingerprint density at radius 1 is 1.45 bits per heavy atom. The number of halogens is 1. The number of hydrazine groups is 1. The number of hydrogen-bond acceptors (Lipinski definition) is 7. The number of hydrogen-bond donors (Lipinski definition) is 2. The van der Waals surface area contributed by atoms with Crippen LogP contribution in [0.15, 0.2) is 29.0 Å². The lowest BCUT2D eigenvalue weighted by molar-refractivity contribution is -0.385. The van der Waals surface area contributed by atoms with Gasteiger partial charge in [-0.25, -0.2) is 15.8 Å². The first kappa shape index (κ1) is 14.2. The molecule has 3 N–H and O–H groups in total. The maximum absolute atomic E-state index is 10.9. The highest BCUT2D eigenvalue weighted by Crippen LogP contribution is 2.37. The summed E-state index contributed by atoms with van der Waals surface area (Å²) in [5, 5.41) is 10.9. The van der Waals surface area contributed by atoms with Crippen LogP contribution in [0.4, 0.5) is 11.5 Å². The topological polar surface area (TPSA) is 116 Å². The number of ether oxygens (including phenoxy) is 1. The molecule has 0 atom stereocenters. The highest BCUT2D eigenvalue weighted by molar-refractivity contribution is 9.10. The lowest BCUT2D eigenvalue weighted by Gasteiger charge is -2.10. The van der Waals surface area contributed by atoms with Crippen molar-refractivity contribution in [2.75, 3.05) is 5.43 Å². The van der Waals surface area contributed by atoms with Gasteiger partial charge in [-0.1, -0.05) is 6.07 Å². The van der Waals surface area contributed by atoms with Gasteiger partial charge < -0.3 is 10.2 Å². The molecule has 0 saturated heterocycles. The number of benzene rings is 1. The summed E-state index contributed by atoms with van der Waals surface area (Å²) in [6.45, 7) is 1.72. The summed E-state index contributed by atoms with van der Waals surface area (Å²) < 4.78 is 5.82. The lowest BCUT2D eigenvalue weighted by Crippen LogP contribution is -2.11. The standard InChI is InChI=1S/C11H10BrN5O3/c1-6-10(16-13)14-5-15-11(6)20-8-4-2-3-7(9(8)12)17(18)19/h2-5H,13H2,1H3,(H,14,15,16). The number of nitro groups is 1. The van der Waals surface area contributed by atoms with Crippen LogP contribution in [-0.4, -0.2) is 14.9 Å². The van der Waals surface area contributed by atoms with Crippen molar-refractivity contribution in [2.24, 2.45) is 5.84 Å².